The van der Waals surface area contributed by atoms with Crippen molar-refractivity contribution >= 4 is 16.9 Å². The number of carbonyl (C=O) groups excluding carboxylic acids is 1. The van der Waals surface area contributed by atoms with Crippen LogP contribution in [-0.4, -0.2) is 13.1 Å². The first-order valence-corrected chi connectivity index (χ1v) is 11.5. The zero-order chi connectivity index (χ0) is 23.9. The highest BCUT2D eigenvalue weighted by Crippen LogP contribution is 2.33. The highest BCUT2D eigenvalue weighted by atomic mass is 16.5. The Kier molecular flexibility index (Phi) is 7.48. The molecule has 2 aromatic heterocycles. The van der Waals surface area contributed by atoms with Gasteiger partial charge < -0.3 is 18.3 Å². The molecule has 0 fully saturated rings. The van der Waals surface area contributed by atoms with E-state index in [9.17, 15) is 9.59 Å². The summed E-state index contributed by atoms with van der Waals surface area (Å²) in [7, 11) is 1.30. The van der Waals surface area contributed by atoms with Crippen molar-refractivity contribution in [2.75, 3.05) is 7.11 Å². The quantitative estimate of drug-likeness (QED) is 0.152. The first kappa shape index (κ1) is 23.4. The zero-order valence-corrected chi connectivity index (χ0v) is 19.5. The molecular formula is C28H28O6. The summed E-state index contributed by atoms with van der Waals surface area (Å²) >= 11 is 0. The average Bonchev–Trinajstić information content (AvgIpc) is 3.34. The number of furan rings is 1. The second-order valence-electron chi connectivity index (χ2n) is 8.16. The molecule has 0 saturated carbocycles. The Balaban J connectivity index is 1.69. The fourth-order valence-corrected chi connectivity index (χ4v) is 3.98. The Labute approximate surface area is 198 Å². The summed E-state index contributed by atoms with van der Waals surface area (Å²) in [6.07, 6.45) is 5.33. The Morgan fingerprint density at radius 1 is 0.941 bits per heavy atom. The number of esters is 1. The molecule has 6 heteroatoms. The Bertz CT molecular complexity index is 1320. The minimum atomic E-state index is -0.538. The van der Waals surface area contributed by atoms with Crippen LogP contribution in [0.3, 0.4) is 0 Å². The van der Waals surface area contributed by atoms with Gasteiger partial charge in [-0.2, -0.15) is 0 Å². The smallest absolute Gasteiger partial charge is 0.373 e. The van der Waals surface area contributed by atoms with Gasteiger partial charge in [0, 0.05) is 17.5 Å². The molecule has 0 N–H and O–H groups in total. The Morgan fingerprint density at radius 3 is 2.53 bits per heavy atom. The van der Waals surface area contributed by atoms with Gasteiger partial charge in [-0.25, -0.2) is 9.59 Å². The summed E-state index contributed by atoms with van der Waals surface area (Å²) < 4.78 is 21.8. The third kappa shape index (κ3) is 5.39. The summed E-state index contributed by atoms with van der Waals surface area (Å²) in [6.45, 7) is 2.32. The number of aryl methyl sites for hydroxylation is 1. The molecule has 0 radical (unpaired) electrons. The maximum Gasteiger partial charge on any atom is 0.373 e. The van der Waals surface area contributed by atoms with E-state index in [1.807, 2.05) is 30.3 Å². The van der Waals surface area contributed by atoms with Crippen LogP contribution in [0.1, 0.15) is 54.5 Å². The fourth-order valence-electron chi connectivity index (χ4n) is 3.98. The molecule has 0 saturated heterocycles. The molecule has 0 bridgehead atoms. The van der Waals surface area contributed by atoms with E-state index in [0.29, 0.717) is 17.1 Å². The lowest BCUT2D eigenvalue weighted by atomic mass is 9.98. The predicted molar refractivity (Wildman–Crippen MR) is 130 cm³/mol. The minimum Gasteiger partial charge on any atom is -0.485 e. The molecule has 4 aromatic rings. The molecule has 4 rings (SSSR count). The third-order valence-electron chi connectivity index (χ3n) is 5.73. The summed E-state index contributed by atoms with van der Waals surface area (Å²) in [4.78, 5) is 24.0. The topological polar surface area (TPSA) is 78.9 Å². The summed E-state index contributed by atoms with van der Waals surface area (Å²) in [6, 6.07) is 18.4. The maximum absolute atomic E-state index is 12.3. The second kappa shape index (κ2) is 10.9. The van der Waals surface area contributed by atoms with Crippen LogP contribution in [0.2, 0.25) is 0 Å². The number of ether oxygens (including phenoxy) is 2. The maximum atomic E-state index is 12.3. The zero-order valence-electron chi connectivity index (χ0n) is 19.5. The summed E-state index contributed by atoms with van der Waals surface area (Å²) in [5.74, 6) is 0.715. The molecule has 0 aliphatic heterocycles. The normalized spacial score (nSPS) is 11.0. The highest BCUT2D eigenvalue weighted by Gasteiger charge is 2.15. The molecule has 0 aliphatic rings. The number of rotatable bonds is 10. The van der Waals surface area contributed by atoms with Crippen molar-refractivity contribution in [3.63, 3.8) is 0 Å². The highest BCUT2D eigenvalue weighted by molar-refractivity contribution is 5.94. The number of unbranched alkanes of at least 4 members (excludes halogenated alkanes) is 3. The molecule has 2 aromatic carbocycles. The van der Waals surface area contributed by atoms with Crippen LogP contribution < -0.4 is 10.4 Å². The van der Waals surface area contributed by atoms with Gasteiger partial charge in [-0.1, -0.05) is 56.5 Å². The van der Waals surface area contributed by atoms with Gasteiger partial charge in [-0.15, -0.1) is 0 Å². The number of methoxy groups -OCH3 is 1. The van der Waals surface area contributed by atoms with Crippen LogP contribution in [0.4, 0.5) is 0 Å². The molecule has 176 valence electrons. The lowest BCUT2D eigenvalue weighted by molar-refractivity contribution is 0.0561. The number of fused-ring (bicyclic) bond motifs is 1. The number of hydrogen-bond acceptors (Lipinski definition) is 6. The average molecular weight is 461 g/mol. The van der Waals surface area contributed by atoms with Crippen LogP contribution in [0, 0.1) is 0 Å². The van der Waals surface area contributed by atoms with Crippen molar-refractivity contribution in [3.05, 3.63) is 88.2 Å². The van der Waals surface area contributed by atoms with Crippen molar-refractivity contribution in [3.8, 4) is 16.9 Å². The van der Waals surface area contributed by atoms with Crippen molar-refractivity contribution < 1.29 is 23.1 Å². The first-order chi connectivity index (χ1) is 16.6. The van der Waals surface area contributed by atoms with Gasteiger partial charge >= 0.3 is 11.6 Å². The van der Waals surface area contributed by atoms with E-state index in [4.69, 9.17) is 13.6 Å². The first-order valence-electron chi connectivity index (χ1n) is 11.5. The van der Waals surface area contributed by atoms with Crippen LogP contribution in [-0.2, 0) is 17.8 Å². The van der Waals surface area contributed by atoms with E-state index in [-0.39, 0.29) is 12.4 Å². The lowest BCUT2D eigenvalue weighted by Crippen LogP contribution is -2.02. The van der Waals surface area contributed by atoms with E-state index in [0.717, 1.165) is 47.8 Å². The van der Waals surface area contributed by atoms with Crippen molar-refractivity contribution in [2.45, 2.75) is 45.6 Å². The SMILES string of the molecule is CCCCCCc1cc2c(-c3ccccc3)cc(=O)oc2cc1OCc1ccc(C(=O)OC)o1. The van der Waals surface area contributed by atoms with E-state index in [2.05, 4.69) is 17.7 Å². The molecule has 0 spiro atoms. The van der Waals surface area contributed by atoms with Gasteiger partial charge in [0.15, 0.2) is 0 Å². The van der Waals surface area contributed by atoms with Crippen molar-refractivity contribution in [1.29, 1.82) is 0 Å². The van der Waals surface area contributed by atoms with E-state index in [1.165, 1.54) is 19.6 Å². The van der Waals surface area contributed by atoms with Crippen molar-refractivity contribution in [2.24, 2.45) is 0 Å². The molecule has 6 nitrogen and oxygen atoms in total. The van der Waals surface area contributed by atoms with Gasteiger partial charge in [-0.05, 0) is 47.7 Å². The van der Waals surface area contributed by atoms with Crippen LogP contribution in [0.15, 0.2) is 74.3 Å². The van der Waals surface area contributed by atoms with E-state index < -0.39 is 11.6 Å². The Morgan fingerprint density at radius 2 is 1.76 bits per heavy atom. The van der Waals surface area contributed by atoms with Gasteiger partial charge in [0.2, 0.25) is 5.76 Å². The van der Waals surface area contributed by atoms with E-state index >= 15 is 0 Å². The van der Waals surface area contributed by atoms with Crippen molar-refractivity contribution in [1.82, 2.24) is 0 Å². The Hall–Kier alpha value is -3.80. The molecule has 0 atom stereocenters. The standard InChI is InChI=1S/C28H28O6/c1-3-4-5-7-12-20-15-23-22(19-10-8-6-9-11-19)16-27(29)34-26(23)17-25(20)32-18-21-13-14-24(33-21)28(30)31-2/h6,8-11,13-17H,3-5,7,12,18H2,1-2H3. The lowest BCUT2D eigenvalue weighted by Gasteiger charge is -2.14. The molecule has 0 aliphatic carbocycles. The monoisotopic (exact) mass is 460 g/mol. The van der Waals surface area contributed by atoms with Gasteiger partial charge in [0.1, 0.15) is 23.7 Å². The number of hydrogen-bond donors (Lipinski definition) is 0. The third-order valence-corrected chi connectivity index (χ3v) is 5.73. The molecule has 2 heterocycles. The van der Waals surface area contributed by atoms with Gasteiger partial charge in [-0.3, -0.25) is 0 Å². The van der Waals surface area contributed by atoms with Crippen LogP contribution in [0.5, 0.6) is 5.75 Å². The van der Waals surface area contributed by atoms with Gasteiger partial charge in [0.25, 0.3) is 0 Å². The molecule has 0 amide bonds. The number of benzene rings is 2. The largest absolute Gasteiger partial charge is 0.485 e. The molecule has 0 unspecified atom stereocenters. The van der Waals surface area contributed by atoms with E-state index in [1.54, 1.807) is 18.2 Å². The summed E-state index contributed by atoms with van der Waals surface area (Å²) in [5, 5.41) is 0.870. The molecule has 34 heavy (non-hydrogen) atoms. The van der Waals surface area contributed by atoms with Crippen LogP contribution >= 0.6 is 0 Å². The van der Waals surface area contributed by atoms with Gasteiger partial charge in [0.05, 0.1) is 7.11 Å². The minimum absolute atomic E-state index is 0.123. The molecular weight excluding hydrogens is 432 g/mol. The summed E-state index contributed by atoms with van der Waals surface area (Å²) in [5.41, 5.74) is 2.88. The fraction of sp³-hybridized carbons (Fsp3) is 0.286. The van der Waals surface area contributed by atoms with Crippen LogP contribution in [0.25, 0.3) is 22.1 Å². The predicted octanol–water partition coefficient (Wildman–Crippen LogP) is 6.54. The number of carbonyl (C=O) groups is 1. The second-order valence-corrected chi connectivity index (χ2v) is 8.16.